The average molecular weight is 150 g/mol. The number of rotatable bonds is 1. The van der Waals surface area contributed by atoms with E-state index >= 15 is 0 Å². The molecule has 0 radical (unpaired) electrons. The van der Waals surface area contributed by atoms with Crippen molar-refractivity contribution in [1.82, 2.24) is 0 Å². The molecule has 1 heterocycles. The van der Waals surface area contributed by atoms with Gasteiger partial charge in [-0.1, -0.05) is 24.3 Å². The van der Waals surface area contributed by atoms with Crippen molar-refractivity contribution in [2.24, 2.45) is 0 Å². The summed E-state index contributed by atoms with van der Waals surface area (Å²) in [5.74, 6) is 0. The van der Waals surface area contributed by atoms with Gasteiger partial charge in [0.15, 0.2) is 6.29 Å². The topological polar surface area (TPSA) is 18.5 Å². The molecule has 0 N–H and O–H groups in total. The van der Waals surface area contributed by atoms with Crippen molar-refractivity contribution < 1.29 is 9.47 Å². The van der Waals surface area contributed by atoms with Gasteiger partial charge < -0.3 is 9.47 Å². The maximum atomic E-state index is 5.35. The molecule has 0 bridgehead atoms. The fourth-order valence-corrected chi connectivity index (χ4v) is 1.35. The molecule has 0 spiro atoms. The average Bonchev–Trinajstić information content (AvgIpc) is 2.47. The Hall–Kier alpha value is -0.860. The summed E-state index contributed by atoms with van der Waals surface area (Å²) in [6, 6.07) is 8.12. The van der Waals surface area contributed by atoms with Crippen LogP contribution in [0.2, 0.25) is 0 Å². The summed E-state index contributed by atoms with van der Waals surface area (Å²) in [4.78, 5) is 0. The van der Waals surface area contributed by atoms with E-state index in [1.54, 1.807) is 7.11 Å². The lowest BCUT2D eigenvalue weighted by Gasteiger charge is -2.06. The SMILES string of the molecule is COC1OCc2ccccc21. The largest absolute Gasteiger partial charge is 0.352 e. The summed E-state index contributed by atoms with van der Waals surface area (Å²) < 4.78 is 10.5. The smallest absolute Gasteiger partial charge is 0.184 e. The first-order valence-electron chi connectivity index (χ1n) is 3.64. The van der Waals surface area contributed by atoms with Gasteiger partial charge in [0.2, 0.25) is 0 Å². The molecule has 1 aromatic rings. The first-order chi connectivity index (χ1) is 5.42. The molecular weight excluding hydrogens is 140 g/mol. The fourth-order valence-electron chi connectivity index (χ4n) is 1.35. The van der Waals surface area contributed by atoms with E-state index in [-0.39, 0.29) is 6.29 Å². The van der Waals surface area contributed by atoms with Crippen molar-refractivity contribution in [3.8, 4) is 0 Å². The van der Waals surface area contributed by atoms with Crippen molar-refractivity contribution in [3.05, 3.63) is 35.4 Å². The highest BCUT2D eigenvalue weighted by molar-refractivity contribution is 5.29. The zero-order valence-electron chi connectivity index (χ0n) is 6.41. The first kappa shape index (κ1) is 6.83. The van der Waals surface area contributed by atoms with E-state index in [0.29, 0.717) is 6.61 Å². The number of methoxy groups -OCH3 is 1. The maximum absolute atomic E-state index is 5.35. The van der Waals surface area contributed by atoms with Gasteiger partial charge in [-0.15, -0.1) is 0 Å². The molecule has 2 nitrogen and oxygen atoms in total. The minimum absolute atomic E-state index is 0.147. The molecule has 2 rings (SSSR count). The summed E-state index contributed by atoms with van der Waals surface area (Å²) in [6.07, 6.45) is -0.147. The predicted octanol–water partition coefficient (Wildman–Crippen LogP) is 1.86. The third-order valence-electron chi connectivity index (χ3n) is 1.91. The van der Waals surface area contributed by atoms with Gasteiger partial charge in [0.05, 0.1) is 6.61 Å². The highest BCUT2D eigenvalue weighted by atomic mass is 16.7. The van der Waals surface area contributed by atoms with Crippen LogP contribution in [0.15, 0.2) is 24.3 Å². The van der Waals surface area contributed by atoms with E-state index in [0.717, 1.165) is 5.56 Å². The monoisotopic (exact) mass is 150 g/mol. The first-order valence-corrected chi connectivity index (χ1v) is 3.64. The van der Waals surface area contributed by atoms with Crippen LogP contribution in [-0.4, -0.2) is 7.11 Å². The van der Waals surface area contributed by atoms with Gasteiger partial charge in [-0.3, -0.25) is 0 Å². The van der Waals surface area contributed by atoms with Crippen LogP contribution < -0.4 is 0 Å². The van der Waals surface area contributed by atoms with Crippen molar-refractivity contribution in [1.29, 1.82) is 0 Å². The number of fused-ring (bicyclic) bond motifs is 1. The quantitative estimate of drug-likeness (QED) is 0.608. The van der Waals surface area contributed by atoms with E-state index in [2.05, 4.69) is 6.07 Å². The number of hydrogen-bond acceptors (Lipinski definition) is 2. The Kier molecular flexibility index (Phi) is 1.64. The molecule has 1 aliphatic heterocycles. The molecule has 1 unspecified atom stereocenters. The Labute approximate surface area is 65.7 Å². The van der Waals surface area contributed by atoms with Gasteiger partial charge >= 0.3 is 0 Å². The minimum atomic E-state index is -0.147. The third-order valence-corrected chi connectivity index (χ3v) is 1.91. The summed E-state index contributed by atoms with van der Waals surface area (Å²) >= 11 is 0. The fraction of sp³-hybridized carbons (Fsp3) is 0.333. The second-order valence-electron chi connectivity index (χ2n) is 2.58. The van der Waals surface area contributed by atoms with E-state index in [1.165, 1.54) is 5.56 Å². The van der Waals surface area contributed by atoms with Gasteiger partial charge in [0, 0.05) is 12.7 Å². The van der Waals surface area contributed by atoms with Crippen molar-refractivity contribution in [2.75, 3.05) is 7.11 Å². The van der Waals surface area contributed by atoms with Crippen molar-refractivity contribution >= 4 is 0 Å². The highest BCUT2D eigenvalue weighted by Crippen LogP contribution is 2.29. The Bertz CT molecular complexity index is 257. The van der Waals surface area contributed by atoms with Gasteiger partial charge in [-0.2, -0.15) is 0 Å². The minimum Gasteiger partial charge on any atom is -0.352 e. The molecule has 0 saturated carbocycles. The molecule has 1 aromatic carbocycles. The number of benzene rings is 1. The lowest BCUT2D eigenvalue weighted by Crippen LogP contribution is -1.96. The van der Waals surface area contributed by atoms with E-state index in [4.69, 9.17) is 9.47 Å². The summed E-state index contributed by atoms with van der Waals surface area (Å²) in [6.45, 7) is 0.675. The zero-order chi connectivity index (χ0) is 7.68. The lowest BCUT2D eigenvalue weighted by atomic mass is 10.1. The maximum Gasteiger partial charge on any atom is 0.184 e. The van der Waals surface area contributed by atoms with Crippen LogP contribution in [0.4, 0.5) is 0 Å². The molecule has 0 amide bonds. The Balaban J connectivity index is 2.39. The molecule has 0 saturated heterocycles. The van der Waals surface area contributed by atoms with Crippen LogP contribution in [-0.2, 0) is 16.1 Å². The third kappa shape index (κ3) is 1.04. The molecule has 58 valence electrons. The van der Waals surface area contributed by atoms with Gasteiger partial charge in [0.1, 0.15) is 0 Å². The van der Waals surface area contributed by atoms with Crippen LogP contribution in [0.3, 0.4) is 0 Å². The summed E-state index contributed by atoms with van der Waals surface area (Å²) in [5.41, 5.74) is 2.40. The molecule has 0 aliphatic carbocycles. The van der Waals surface area contributed by atoms with E-state index < -0.39 is 0 Å². The number of ether oxygens (including phenoxy) is 2. The standard InChI is InChI=1S/C9H10O2/c1-10-9-8-5-3-2-4-7(8)6-11-9/h2-5,9H,6H2,1H3. The molecule has 0 fully saturated rings. The van der Waals surface area contributed by atoms with Gasteiger partial charge in [-0.05, 0) is 5.56 Å². The van der Waals surface area contributed by atoms with E-state index in [9.17, 15) is 0 Å². The van der Waals surface area contributed by atoms with Gasteiger partial charge in [-0.25, -0.2) is 0 Å². The zero-order valence-corrected chi connectivity index (χ0v) is 6.41. The van der Waals surface area contributed by atoms with Crippen LogP contribution in [0.1, 0.15) is 17.4 Å². The Morgan fingerprint density at radius 2 is 2.27 bits per heavy atom. The van der Waals surface area contributed by atoms with Crippen molar-refractivity contribution in [3.63, 3.8) is 0 Å². The molecule has 0 aromatic heterocycles. The molecule has 1 aliphatic rings. The van der Waals surface area contributed by atoms with Crippen LogP contribution in [0.5, 0.6) is 0 Å². The second-order valence-corrected chi connectivity index (χ2v) is 2.58. The predicted molar refractivity (Wildman–Crippen MR) is 41.0 cm³/mol. The molecule has 2 heteroatoms. The Morgan fingerprint density at radius 1 is 1.45 bits per heavy atom. The normalized spacial score (nSPS) is 21.7. The lowest BCUT2D eigenvalue weighted by molar-refractivity contribution is -0.118. The highest BCUT2D eigenvalue weighted by Gasteiger charge is 2.21. The van der Waals surface area contributed by atoms with Crippen LogP contribution in [0.25, 0.3) is 0 Å². The van der Waals surface area contributed by atoms with E-state index in [1.807, 2.05) is 18.2 Å². The summed E-state index contributed by atoms with van der Waals surface area (Å²) in [5, 5.41) is 0. The molecule has 1 atom stereocenters. The van der Waals surface area contributed by atoms with Crippen LogP contribution >= 0.6 is 0 Å². The van der Waals surface area contributed by atoms with Crippen LogP contribution in [0, 0.1) is 0 Å². The van der Waals surface area contributed by atoms with Gasteiger partial charge in [0.25, 0.3) is 0 Å². The molecule has 11 heavy (non-hydrogen) atoms. The Morgan fingerprint density at radius 3 is 3.09 bits per heavy atom. The van der Waals surface area contributed by atoms with Crippen molar-refractivity contribution in [2.45, 2.75) is 12.9 Å². The molecular formula is C9H10O2. The number of hydrogen-bond donors (Lipinski definition) is 0. The summed E-state index contributed by atoms with van der Waals surface area (Å²) in [7, 11) is 1.66. The second kappa shape index (κ2) is 2.64.